The van der Waals surface area contributed by atoms with Crippen LogP contribution in [0.1, 0.15) is 53.5 Å². The van der Waals surface area contributed by atoms with Gasteiger partial charge in [0, 0.05) is 22.8 Å². The number of para-hydroxylation sites is 1. The number of nitrogens with zero attached hydrogens (tertiary/aromatic N) is 1. The first-order chi connectivity index (χ1) is 14.4. The summed E-state index contributed by atoms with van der Waals surface area (Å²) in [5.41, 5.74) is 5.06. The molecule has 0 fully saturated rings. The van der Waals surface area contributed by atoms with E-state index in [1.807, 2.05) is 73.0 Å². The summed E-state index contributed by atoms with van der Waals surface area (Å²) in [6, 6.07) is 19.4. The fourth-order valence-electron chi connectivity index (χ4n) is 3.48. The smallest absolute Gasteiger partial charge is 0.340 e. The van der Waals surface area contributed by atoms with Gasteiger partial charge in [0.05, 0.1) is 5.56 Å². The van der Waals surface area contributed by atoms with E-state index in [1.165, 1.54) is 5.56 Å². The highest BCUT2D eigenvalue weighted by atomic mass is 16.5. The van der Waals surface area contributed by atoms with Crippen molar-refractivity contribution in [2.24, 2.45) is 0 Å². The van der Waals surface area contributed by atoms with E-state index >= 15 is 0 Å². The fraction of sp³-hybridized carbons (Fsp3) is 0.280. The Balaban J connectivity index is 1.61. The summed E-state index contributed by atoms with van der Waals surface area (Å²) in [5, 5.41) is 2.77. The maximum atomic E-state index is 12.6. The number of benzene rings is 2. The number of hydrogen-bond acceptors (Lipinski definition) is 3. The van der Waals surface area contributed by atoms with Crippen LogP contribution in [0.2, 0.25) is 0 Å². The van der Waals surface area contributed by atoms with Gasteiger partial charge in [-0.1, -0.05) is 44.2 Å². The van der Waals surface area contributed by atoms with Gasteiger partial charge in [-0.05, 0) is 62.1 Å². The van der Waals surface area contributed by atoms with Gasteiger partial charge < -0.3 is 14.6 Å². The zero-order valence-electron chi connectivity index (χ0n) is 17.9. The van der Waals surface area contributed by atoms with Crippen LogP contribution in [0, 0.1) is 13.8 Å². The molecule has 2 aromatic carbocycles. The number of esters is 1. The highest BCUT2D eigenvalue weighted by molar-refractivity contribution is 5.96. The van der Waals surface area contributed by atoms with Crippen molar-refractivity contribution in [3.63, 3.8) is 0 Å². The number of ether oxygens (including phenoxy) is 1. The molecule has 0 aliphatic carbocycles. The number of carbonyl (C=O) groups is 2. The number of rotatable bonds is 7. The second kappa shape index (κ2) is 9.44. The van der Waals surface area contributed by atoms with Crippen molar-refractivity contribution in [3.05, 3.63) is 83.2 Å². The van der Waals surface area contributed by atoms with E-state index in [0.29, 0.717) is 17.2 Å². The maximum absolute atomic E-state index is 12.6. The topological polar surface area (TPSA) is 60.3 Å². The summed E-state index contributed by atoms with van der Waals surface area (Å²) < 4.78 is 7.26. The number of carbonyl (C=O) groups excluding carboxylic acids is 2. The van der Waals surface area contributed by atoms with Crippen LogP contribution in [-0.4, -0.2) is 23.1 Å². The number of hydrogen-bond donors (Lipinski definition) is 1. The molecule has 3 aromatic rings. The Morgan fingerprint density at radius 3 is 2.33 bits per heavy atom. The zero-order valence-corrected chi connectivity index (χ0v) is 17.9. The lowest BCUT2D eigenvalue weighted by Gasteiger charge is -2.11. The molecule has 0 aliphatic heterocycles. The van der Waals surface area contributed by atoms with Gasteiger partial charge in [-0.25, -0.2) is 4.79 Å². The van der Waals surface area contributed by atoms with Crippen molar-refractivity contribution in [1.29, 1.82) is 0 Å². The molecule has 0 saturated heterocycles. The highest BCUT2D eigenvalue weighted by Crippen LogP contribution is 2.22. The van der Waals surface area contributed by atoms with Crippen molar-refractivity contribution >= 4 is 17.6 Å². The molecule has 1 heterocycles. The van der Waals surface area contributed by atoms with Gasteiger partial charge in [0.2, 0.25) is 0 Å². The third kappa shape index (κ3) is 4.79. The molecule has 156 valence electrons. The number of nitrogens with one attached hydrogen (secondary N) is 1. The number of amides is 1. The van der Waals surface area contributed by atoms with Crippen LogP contribution < -0.4 is 5.32 Å². The average molecular weight is 405 g/mol. The molecule has 0 unspecified atom stereocenters. The van der Waals surface area contributed by atoms with E-state index in [9.17, 15) is 9.59 Å². The Hall–Kier alpha value is -3.34. The summed E-state index contributed by atoms with van der Waals surface area (Å²) in [5.74, 6) is -0.394. The second-order valence-electron chi connectivity index (χ2n) is 7.51. The van der Waals surface area contributed by atoms with Crippen LogP contribution in [0.4, 0.5) is 5.69 Å². The molecule has 1 atom stereocenters. The first-order valence-electron chi connectivity index (χ1n) is 10.2. The van der Waals surface area contributed by atoms with Crippen LogP contribution in [-0.2, 0) is 9.53 Å². The van der Waals surface area contributed by atoms with Crippen molar-refractivity contribution in [2.75, 3.05) is 11.9 Å². The fourth-order valence-corrected chi connectivity index (χ4v) is 3.48. The lowest BCUT2D eigenvalue weighted by molar-refractivity contribution is -0.119. The minimum absolute atomic E-state index is 0.332. The second-order valence-corrected chi connectivity index (χ2v) is 7.51. The molecule has 1 amide bonds. The normalized spacial score (nSPS) is 11.7. The van der Waals surface area contributed by atoms with Crippen LogP contribution >= 0.6 is 0 Å². The molecule has 0 spiro atoms. The van der Waals surface area contributed by atoms with E-state index in [4.69, 9.17) is 4.74 Å². The Labute approximate surface area is 177 Å². The molecule has 5 heteroatoms. The van der Waals surface area contributed by atoms with Crippen molar-refractivity contribution in [3.8, 4) is 5.69 Å². The minimum Gasteiger partial charge on any atom is -0.452 e. The van der Waals surface area contributed by atoms with Crippen LogP contribution in [0.3, 0.4) is 0 Å². The lowest BCUT2D eigenvalue weighted by Crippen LogP contribution is -2.21. The van der Waals surface area contributed by atoms with Gasteiger partial charge in [0.1, 0.15) is 0 Å². The molecule has 0 saturated carbocycles. The molecule has 3 rings (SSSR count). The van der Waals surface area contributed by atoms with Gasteiger partial charge in [-0.15, -0.1) is 0 Å². The van der Waals surface area contributed by atoms with Gasteiger partial charge in [0.25, 0.3) is 5.91 Å². The highest BCUT2D eigenvalue weighted by Gasteiger charge is 2.19. The summed E-state index contributed by atoms with van der Waals surface area (Å²) in [7, 11) is 0. The van der Waals surface area contributed by atoms with Crippen LogP contribution in [0.15, 0.2) is 60.7 Å². The third-order valence-electron chi connectivity index (χ3n) is 5.38. The lowest BCUT2D eigenvalue weighted by atomic mass is 9.99. The monoisotopic (exact) mass is 404 g/mol. The van der Waals surface area contributed by atoms with Crippen molar-refractivity contribution in [2.45, 2.75) is 40.0 Å². The standard InChI is InChI=1S/C25H28N2O3/c1-5-17(2)20-11-13-21(14-12-20)26-24(28)16-30-25(29)23-15-18(3)27(19(23)4)22-9-7-6-8-10-22/h6-15,17H,5,16H2,1-4H3,(H,26,28)/t17-/m0/s1. The van der Waals surface area contributed by atoms with Crippen LogP contribution in [0.25, 0.3) is 5.69 Å². The maximum Gasteiger partial charge on any atom is 0.340 e. The largest absolute Gasteiger partial charge is 0.452 e. The summed E-state index contributed by atoms with van der Waals surface area (Å²) in [6.45, 7) is 7.79. The predicted octanol–water partition coefficient (Wildman–Crippen LogP) is 5.40. The molecule has 30 heavy (non-hydrogen) atoms. The SMILES string of the molecule is CC[C@H](C)c1ccc(NC(=O)COC(=O)c2cc(C)n(-c3ccccc3)c2C)cc1. The first-order valence-corrected chi connectivity index (χ1v) is 10.2. The first kappa shape index (κ1) is 21.4. The summed E-state index contributed by atoms with van der Waals surface area (Å²) in [4.78, 5) is 24.8. The summed E-state index contributed by atoms with van der Waals surface area (Å²) in [6.07, 6.45) is 1.06. The molecule has 0 bridgehead atoms. The van der Waals surface area contributed by atoms with E-state index in [-0.39, 0.29) is 12.5 Å². The van der Waals surface area contributed by atoms with E-state index < -0.39 is 5.97 Å². The van der Waals surface area contributed by atoms with E-state index in [1.54, 1.807) is 6.07 Å². The Morgan fingerprint density at radius 1 is 1.03 bits per heavy atom. The molecule has 5 nitrogen and oxygen atoms in total. The Bertz CT molecular complexity index is 1020. The third-order valence-corrected chi connectivity index (χ3v) is 5.38. The Morgan fingerprint density at radius 2 is 1.70 bits per heavy atom. The number of anilines is 1. The molecule has 0 aliphatic rings. The number of aromatic nitrogens is 1. The van der Waals surface area contributed by atoms with Gasteiger partial charge in [-0.3, -0.25) is 4.79 Å². The molecular weight excluding hydrogens is 376 g/mol. The van der Waals surface area contributed by atoms with Crippen LogP contribution in [0.5, 0.6) is 0 Å². The predicted molar refractivity (Wildman–Crippen MR) is 119 cm³/mol. The Kier molecular flexibility index (Phi) is 6.72. The minimum atomic E-state index is -0.507. The average Bonchev–Trinajstić information content (AvgIpc) is 3.06. The molecule has 1 N–H and O–H groups in total. The summed E-state index contributed by atoms with van der Waals surface area (Å²) >= 11 is 0. The molecule has 0 radical (unpaired) electrons. The molecular formula is C25H28N2O3. The van der Waals surface area contributed by atoms with Gasteiger partial charge >= 0.3 is 5.97 Å². The quantitative estimate of drug-likeness (QED) is 0.536. The van der Waals surface area contributed by atoms with Gasteiger partial charge in [0.15, 0.2) is 6.61 Å². The van der Waals surface area contributed by atoms with E-state index in [2.05, 4.69) is 19.2 Å². The van der Waals surface area contributed by atoms with E-state index in [0.717, 1.165) is 23.5 Å². The van der Waals surface area contributed by atoms with Gasteiger partial charge in [-0.2, -0.15) is 0 Å². The molecule has 1 aromatic heterocycles. The number of aryl methyl sites for hydroxylation is 1. The van der Waals surface area contributed by atoms with Crippen molar-refractivity contribution in [1.82, 2.24) is 4.57 Å². The van der Waals surface area contributed by atoms with Crippen molar-refractivity contribution < 1.29 is 14.3 Å². The zero-order chi connectivity index (χ0) is 21.7.